The Balaban J connectivity index is 1.81. The number of hydrogen-bond acceptors (Lipinski definition) is 4. The molecule has 4 aromatic rings. The molecule has 0 unspecified atom stereocenters. The lowest BCUT2D eigenvalue weighted by molar-refractivity contribution is -0.136. The van der Waals surface area contributed by atoms with Crippen molar-refractivity contribution in [2.45, 2.75) is 19.8 Å². The molecule has 0 saturated heterocycles. The number of carboxylic acids is 1. The van der Waals surface area contributed by atoms with Gasteiger partial charge in [-0.2, -0.15) is 5.10 Å². The van der Waals surface area contributed by atoms with Crippen molar-refractivity contribution in [1.82, 2.24) is 14.8 Å². The molecule has 5 nitrogen and oxygen atoms in total. The number of para-hydroxylation sites is 1. The standard InChI is InChI=1S/C22H17Cl2N3O2S/c1-13-17(21(24)27(26-13)16-6-4-5-15(23)12-16)11-14(9-10-20(28)29)22-25-18-7-2-3-8-19(18)30-22/h2-8,11-12H,9-10H2,1H3,(H,28,29)/b14-11+. The average molecular weight is 458 g/mol. The molecular formula is C22H17Cl2N3O2S. The van der Waals surface area contributed by atoms with Gasteiger partial charge in [-0.05, 0) is 55.3 Å². The van der Waals surface area contributed by atoms with Crippen molar-refractivity contribution in [3.8, 4) is 5.69 Å². The normalized spacial score (nSPS) is 11.9. The predicted molar refractivity (Wildman–Crippen MR) is 123 cm³/mol. The van der Waals surface area contributed by atoms with Crippen molar-refractivity contribution in [2.24, 2.45) is 0 Å². The maximum absolute atomic E-state index is 11.2. The monoisotopic (exact) mass is 457 g/mol. The second-order valence-electron chi connectivity index (χ2n) is 6.73. The number of thiazole rings is 1. The fourth-order valence-corrected chi connectivity index (χ4v) is 4.64. The zero-order chi connectivity index (χ0) is 21.3. The van der Waals surface area contributed by atoms with Gasteiger partial charge in [0.1, 0.15) is 10.2 Å². The van der Waals surface area contributed by atoms with E-state index >= 15 is 0 Å². The molecule has 0 aliphatic heterocycles. The number of aliphatic carboxylic acids is 1. The van der Waals surface area contributed by atoms with Gasteiger partial charge in [0.05, 0.1) is 21.6 Å². The van der Waals surface area contributed by atoms with Gasteiger partial charge in [-0.1, -0.05) is 41.4 Å². The van der Waals surface area contributed by atoms with E-state index < -0.39 is 5.97 Å². The zero-order valence-corrected chi connectivity index (χ0v) is 18.3. The predicted octanol–water partition coefficient (Wildman–Crippen LogP) is 6.50. The van der Waals surface area contributed by atoms with Crippen molar-refractivity contribution < 1.29 is 9.90 Å². The van der Waals surface area contributed by atoms with Gasteiger partial charge in [-0.25, -0.2) is 9.67 Å². The maximum Gasteiger partial charge on any atom is 0.303 e. The molecule has 152 valence electrons. The Hall–Kier alpha value is -2.67. The minimum absolute atomic E-state index is 0.000849. The Morgan fingerprint density at radius 2 is 1.97 bits per heavy atom. The molecule has 2 heterocycles. The molecule has 30 heavy (non-hydrogen) atoms. The summed E-state index contributed by atoms with van der Waals surface area (Å²) < 4.78 is 2.67. The van der Waals surface area contributed by atoms with Gasteiger partial charge in [0.25, 0.3) is 0 Å². The van der Waals surface area contributed by atoms with Crippen LogP contribution in [0, 0.1) is 6.92 Å². The summed E-state index contributed by atoms with van der Waals surface area (Å²) in [6.45, 7) is 1.87. The number of aryl methyl sites for hydroxylation is 1. The van der Waals surface area contributed by atoms with Crippen molar-refractivity contribution in [1.29, 1.82) is 0 Å². The van der Waals surface area contributed by atoms with E-state index in [2.05, 4.69) is 5.10 Å². The maximum atomic E-state index is 11.2. The second-order valence-corrected chi connectivity index (χ2v) is 8.56. The minimum Gasteiger partial charge on any atom is -0.481 e. The van der Waals surface area contributed by atoms with E-state index in [0.717, 1.165) is 37.7 Å². The number of fused-ring (bicyclic) bond motifs is 1. The van der Waals surface area contributed by atoms with Crippen molar-refractivity contribution in [3.63, 3.8) is 0 Å². The van der Waals surface area contributed by atoms with E-state index in [1.54, 1.807) is 16.8 Å². The number of nitrogens with zero attached hydrogens (tertiary/aromatic N) is 3. The van der Waals surface area contributed by atoms with E-state index in [0.29, 0.717) is 16.6 Å². The van der Waals surface area contributed by atoms with Crippen LogP contribution in [0.4, 0.5) is 0 Å². The number of carboxylic acid groups (broad SMARTS) is 1. The molecule has 0 aliphatic carbocycles. The van der Waals surface area contributed by atoms with Crippen molar-refractivity contribution in [3.05, 3.63) is 75.0 Å². The van der Waals surface area contributed by atoms with Crippen molar-refractivity contribution in [2.75, 3.05) is 0 Å². The highest BCUT2D eigenvalue weighted by atomic mass is 35.5. The zero-order valence-electron chi connectivity index (χ0n) is 16.0. The van der Waals surface area contributed by atoms with Gasteiger partial charge in [-0.15, -0.1) is 11.3 Å². The summed E-state index contributed by atoms with van der Waals surface area (Å²) in [5, 5.41) is 15.6. The number of rotatable bonds is 6. The second kappa shape index (κ2) is 8.60. The summed E-state index contributed by atoms with van der Waals surface area (Å²) in [5.41, 5.74) is 3.91. The summed E-state index contributed by atoms with van der Waals surface area (Å²) in [7, 11) is 0. The number of benzene rings is 2. The summed E-state index contributed by atoms with van der Waals surface area (Å²) in [5.74, 6) is -0.862. The van der Waals surface area contributed by atoms with Crippen LogP contribution < -0.4 is 0 Å². The fourth-order valence-electron chi connectivity index (χ4n) is 3.12. The van der Waals surface area contributed by atoms with Crippen LogP contribution in [0.25, 0.3) is 27.6 Å². The van der Waals surface area contributed by atoms with E-state index in [1.165, 1.54) is 11.3 Å². The van der Waals surface area contributed by atoms with Crippen LogP contribution >= 0.6 is 34.5 Å². The average Bonchev–Trinajstić information content (AvgIpc) is 3.26. The first-order valence-electron chi connectivity index (χ1n) is 9.22. The van der Waals surface area contributed by atoms with Gasteiger partial charge in [0.2, 0.25) is 0 Å². The summed E-state index contributed by atoms with van der Waals surface area (Å²) in [6, 6.07) is 15.1. The molecule has 0 amide bonds. The number of allylic oxidation sites excluding steroid dienone is 1. The van der Waals surface area contributed by atoms with Gasteiger partial charge >= 0.3 is 5.97 Å². The Labute approximate surface area is 187 Å². The molecule has 8 heteroatoms. The van der Waals surface area contributed by atoms with Gasteiger partial charge < -0.3 is 5.11 Å². The van der Waals surface area contributed by atoms with Crippen LogP contribution in [0.2, 0.25) is 10.2 Å². The summed E-state index contributed by atoms with van der Waals surface area (Å²) in [6.07, 6.45) is 2.24. The van der Waals surface area contributed by atoms with Gasteiger partial charge in [-0.3, -0.25) is 4.79 Å². The molecule has 2 aromatic carbocycles. The Bertz CT molecular complexity index is 1240. The molecule has 0 bridgehead atoms. The van der Waals surface area contributed by atoms with E-state index in [4.69, 9.17) is 28.2 Å². The number of hydrogen-bond donors (Lipinski definition) is 1. The van der Waals surface area contributed by atoms with Crippen LogP contribution in [0.5, 0.6) is 0 Å². The summed E-state index contributed by atoms with van der Waals surface area (Å²) in [4.78, 5) is 15.9. The van der Waals surface area contributed by atoms with Crippen LogP contribution in [0.1, 0.15) is 29.1 Å². The Morgan fingerprint density at radius 1 is 1.17 bits per heavy atom. The van der Waals surface area contributed by atoms with E-state index in [9.17, 15) is 9.90 Å². The van der Waals surface area contributed by atoms with Crippen LogP contribution in [-0.4, -0.2) is 25.8 Å². The Kier molecular flexibility index (Phi) is 5.90. The number of carbonyl (C=O) groups is 1. The quantitative estimate of drug-likeness (QED) is 0.358. The summed E-state index contributed by atoms with van der Waals surface area (Å²) >= 11 is 14.3. The SMILES string of the molecule is Cc1nn(-c2cccc(Cl)c2)c(Cl)c1/C=C(\CCC(=O)O)c1nc2ccccc2s1. The van der Waals surface area contributed by atoms with Gasteiger partial charge in [0.15, 0.2) is 0 Å². The molecule has 0 radical (unpaired) electrons. The first kappa shape index (κ1) is 20.6. The third kappa shape index (κ3) is 4.26. The number of halogens is 2. The molecule has 0 aliphatic rings. The largest absolute Gasteiger partial charge is 0.481 e. The molecule has 4 rings (SSSR count). The molecule has 0 saturated carbocycles. The van der Waals surface area contributed by atoms with E-state index in [-0.39, 0.29) is 6.42 Å². The molecule has 0 atom stereocenters. The third-order valence-corrected chi connectivity index (χ3v) is 6.31. The smallest absolute Gasteiger partial charge is 0.303 e. The molecule has 2 aromatic heterocycles. The van der Waals surface area contributed by atoms with Gasteiger partial charge in [0, 0.05) is 17.0 Å². The molecular weight excluding hydrogens is 441 g/mol. The highest BCUT2D eigenvalue weighted by molar-refractivity contribution is 7.19. The lowest BCUT2D eigenvalue weighted by Gasteiger charge is -2.05. The third-order valence-electron chi connectivity index (χ3n) is 4.60. The first-order chi connectivity index (χ1) is 14.4. The number of aromatic nitrogens is 3. The topological polar surface area (TPSA) is 68.0 Å². The minimum atomic E-state index is -0.862. The fraction of sp³-hybridized carbons (Fsp3) is 0.136. The lowest BCUT2D eigenvalue weighted by atomic mass is 10.1. The van der Waals surface area contributed by atoms with Crippen molar-refractivity contribution >= 4 is 62.4 Å². The lowest BCUT2D eigenvalue weighted by Crippen LogP contribution is -1.96. The first-order valence-corrected chi connectivity index (χ1v) is 10.8. The molecule has 0 spiro atoms. The van der Waals surface area contributed by atoms with E-state index in [1.807, 2.05) is 49.4 Å². The highest BCUT2D eigenvalue weighted by Crippen LogP contribution is 2.34. The highest BCUT2D eigenvalue weighted by Gasteiger charge is 2.17. The van der Waals surface area contributed by atoms with Crippen LogP contribution in [-0.2, 0) is 4.79 Å². The van der Waals surface area contributed by atoms with Crippen LogP contribution in [0.15, 0.2) is 48.5 Å². The Morgan fingerprint density at radius 3 is 2.70 bits per heavy atom. The molecule has 0 fully saturated rings. The molecule has 1 N–H and O–H groups in total. The van der Waals surface area contributed by atoms with Crippen LogP contribution in [0.3, 0.4) is 0 Å².